The van der Waals surface area contributed by atoms with E-state index in [-0.39, 0.29) is 0 Å². The van der Waals surface area contributed by atoms with Crippen LogP contribution < -0.4 is 16.8 Å². The topological polar surface area (TPSA) is 120 Å². The predicted molar refractivity (Wildman–Crippen MR) is 65.9 cm³/mol. The van der Waals surface area contributed by atoms with Gasteiger partial charge in [-0.05, 0) is 12.1 Å². The van der Waals surface area contributed by atoms with E-state index in [1.807, 2.05) is 0 Å². The summed E-state index contributed by atoms with van der Waals surface area (Å²) in [7, 11) is 0. The number of hydrogen-bond acceptors (Lipinski definition) is 6. The molecule has 2 aromatic rings. The van der Waals surface area contributed by atoms with E-state index in [1.165, 1.54) is 6.33 Å². The molecule has 0 unspecified atom stereocenters. The summed E-state index contributed by atoms with van der Waals surface area (Å²) in [5, 5.41) is 6.55. The number of nitrogens with two attached hydrogens (primary N) is 2. The number of benzene rings is 1. The first-order valence-electron chi connectivity index (χ1n) is 5.36. The number of amides is 1. The SMILES string of the molecule is NC(=O)c1cccc(N)c1NCCc1ncno1. The molecule has 1 amide bonds. The van der Waals surface area contributed by atoms with Crippen molar-refractivity contribution < 1.29 is 9.32 Å². The maximum absolute atomic E-state index is 11.3. The Labute approximate surface area is 103 Å². The predicted octanol–water partition coefficient (Wildman–Crippen LogP) is 0.405. The van der Waals surface area contributed by atoms with Crippen LogP contribution in [0.5, 0.6) is 0 Å². The van der Waals surface area contributed by atoms with E-state index in [2.05, 4.69) is 15.5 Å². The summed E-state index contributed by atoms with van der Waals surface area (Å²) in [6.45, 7) is 0.511. The average molecular weight is 247 g/mol. The summed E-state index contributed by atoms with van der Waals surface area (Å²) in [5.74, 6) is -0.0137. The van der Waals surface area contributed by atoms with Crippen molar-refractivity contribution in [2.24, 2.45) is 5.73 Å². The highest BCUT2D eigenvalue weighted by Crippen LogP contribution is 2.22. The Balaban J connectivity index is 2.06. The minimum absolute atomic E-state index is 0.362. The molecule has 2 rings (SSSR count). The fraction of sp³-hybridized carbons (Fsp3) is 0.182. The van der Waals surface area contributed by atoms with Crippen LogP contribution in [0.3, 0.4) is 0 Å². The largest absolute Gasteiger partial charge is 0.397 e. The Kier molecular flexibility index (Phi) is 3.42. The Morgan fingerprint density at radius 2 is 2.28 bits per heavy atom. The third-order valence-electron chi connectivity index (χ3n) is 2.41. The molecule has 1 heterocycles. The monoisotopic (exact) mass is 247 g/mol. The van der Waals surface area contributed by atoms with E-state index in [0.717, 1.165) is 0 Å². The lowest BCUT2D eigenvalue weighted by atomic mass is 10.1. The number of nitrogens with zero attached hydrogens (tertiary/aromatic N) is 2. The van der Waals surface area contributed by atoms with Crippen molar-refractivity contribution in [2.45, 2.75) is 6.42 Å². The van der Waals surface area contributed by atoms with Crippen molar-refractivity contribution in [3.63, 3.8) is 0 Å². The van der Waals surface area contributed by atoms with Gasteiger partial charge in [0, 0.05) is 13.0 Å². The van der Waals surface area contributed by atoms with Gasteiger partial charge >= 0.3 is 0 Å². The lowest BCUT2D eigenvalue weighted by Crippen LogP contribution is -2.16. The van der Waals surface area contributed by atoms with Crippen LogP contribution in [0.25, 0.3) is 0 Å². The van der Waals surface area contributed by atoms with Crippen molar-refractivity contribution in [3.8, 4) is 0 Å². The second-order valence-electron chi connectivity index (χ2n) is 3.65. The summed E-state index contributed by atoms with van der Waals surface area (Å²) in [5.41, 5.74) is 12.4. The normalized spacial score (nSPS) is 10.2. The molecule has 7 nitrogen and oxygen atoms in total. The van der Waals surface area contributed by atoms with Gasteiger partial charge in [-0.2, -0.15) is 4.98 Å². The van der Waals surface area contributed by atoms with Crippen LogP contribution in [-0.2, 0) is 6.42 Å². The molecule has 0 atom stereocenters. The second-order valence-corrected chi connectivity index (χ2v) is 3.65. The Bertz CT molecular complexity index is 538. The third kappa shape index (κ3) is 2.57. The van der Waals surface area contributed by atoms with Crippen LogP contribution in [-0.4, -0.2) is 22.6 Å². The number of aromatic nitrogens is 2. The van der Waals surface area contributed by atoms with Crippen LogP contribution in [0.4, 0.5) is 11.4 Å². The number of para-hydroxylation sites is 1. The molecule has 1 aromatic heterocycles. The molecule has 0 spiro atoms. The van der Waals surface area contributed by atoms with Gasteiger partial charge < -0.3 is 21.3 Å². The molecule has 1 aromatic carbocycles. The minimum Gasteiger partial charge on any atom is -0.397 e. The zero-order valence-corrected chi connectivity index (χ0v) is 9.59. The number of nitrogen functional groups attached to an aromatic ring is 1. The highest BCUT2D eigenvalue weighted by atomic mass is 16.5. The lowest BCUT2D eigenvalue weighted by molar-refractivity contribution is 0.100. The smallest absolute Gasteiger partial charge is 0.250 e. The van der Waals surface area contributed by atoms with Gasteiger partial charge in [0.05, 0.1) is 16.9 Å². The van der Waals surface area contributed by atoms with Gasteiger partial charge in [-0.25, -0.2) is 0 Å². The van der Waals surface area contributed by atoms with Crippen molar-refractivity contribution >= 4 is 17.3 Å². The standard InChI is InChI=1S/C11H13N5O2/c12-8-3-1-2-7(11(13)17)10(8)14-5-4-9-15-6-16-18-9/h1-3,6,14H,4-5,12H2,(H2,13,17). The number of carbonyl (C=O) groups excluding carboxylic acids is 1. The number of primary amides is 1. The molecule has 0 aliphatic carbocycles. The van der Waals surface area contributed by atoms with Gasteiger partial charge in [0.1, 0.15) is 0 Å². The number of carbonyl (C=O) groups is 1. The molecule has 0 saturated carbocycles. The molecule has 18 heavy (non-hydrogen) atoms. The van der Waals surface area contributed by atoms with Crippen molar-refractivity contribution in [3.05, 3.63) is 36.0 Å². The molecule has 0 aliphatic rings. The molecule has 0 bridgehead atoms. The highest BCUT2D eigenvalue weighted by molar-refractivity contribution is 6.01. The van der Waals surface area contributed by atoms with Crippen LogP contribution in [0.2, 0.25) is 0 Å². The van der Waals surface area contributed by atoms with Gasteiger partial charge in [-0.15, -0.1) is 0 Å². The van der Waals surface area contributed by atoms with E-state index in [0.29, 0.717) is 35.8 Å². The molecule has 5 N–H and O–H groups in total. The molecular formula is C11H13N5O2. The van der Waals surface area contributed by atoms with E-state index >= 15 is 0 Å². The molecule has 0 saturated heterocycles. The highest BCUT2D eigenvalue weighted by Gasteiger charge is 2.10. The van der Waals surface area contributed by atoms with Crippen LogP contribution in [0, 0.1) is 0 Å². The third-order valence-corrected chi connectivity index (χ3v) is 2.41. The molecular weight excluding hydrogens is 234 g/mol. The maximum atomic E-state index is 11.3. The number of hydrogen-bond donors (Lipinski definition) is 3. The quantitative estimate of drug-likeness (QED) is 0.658. The van der Waals surface area contributed by atoms with Crippen LogP contribution in [0.1, 0.15) is 16.2 Å². The van der Waals surface area contributed by atoms with Crippen LogP contribution in [0.15, 0.2) is 29.0 Å². The summed E-state index contributed by atoms with van der Waals surface area (Å²) in [6, 6.07) is 4.99. The first-order chi connectivity index (χ1) is 8.68. The first kappa shape index (κ1) is 11.9. The van der Waals surface area contributed by atoms with E-state index in [1.54, 1.807) is 18.2 Å². The van der Waals surface area contributed by atoms with E-state index in [9.17, 15) is 4.79 Å². The van der Waals surface area contributed by atoms with Gasteiger partial charge in [0.25, 0.3) is 5.91 Å². The molecule has 94 valence electrons. The summed E-state index contributed by atoms with van der Waals surface area (Å²) in [4.78, 5) is 15.1. The summed E-state index contributed by atoms with van der Waals surface area (Å²) >= 11 is 0. The first-order valence-corrected chi connectivity index (χ1v) is 5.36. The summed E-state index contributed by atoms with van der Waals surface area (Å²) in [6.07, 6.45) is 1.87. The second kappa shape index (κ2) is 5.17. The molecule has 0 fully saturated rings. The Morgan fingerprint density at radius 1 is 1.44 bits per heavy atom. The van der Waals surface area contributed by atoms with E-state index < -0.39 is 5.91 Å². The van der Waals surface area contributed by atoms with Crippen molar-refractivity contribution in [2.75, 3.05) is 17.6 Å². The van der Waals surface area contributed by atoms with Gasteiger partial charge in [0.2, 0.25) is 5.89 Å². The Morgan fingerprint density at radius 3 is 2.94 bits per heavy atom. The van der Waals surface area contributed by atoms with Gasteiger partial charge in [-0.1, -0.05) is 11.2 Å². The average Bonchev–Trinajstić information content (AvgIpc) is 2.84. The zero-order chi connectivity index (χ0) is 13.0. The van der Waals surface area contributed by atoms with Gasteiger partial charge in [0.15, 0.2) is 6.33 Å². The fourth-order valence-corrected chi connectivity index (χ4v) is 1.57. The number of nitrogens with one attached hydrogen (secondary N) is 1. The lowest BCUT2D eigenvalue weighted by Gasteiger charge is -2.11. The maximum Gasteiger partial charge on any atom is 0.250 e. The number of anilines is 2. The zero-order valence-electron chi connectivity index (χ0n) is 9.59. The number of rotatable bonds is 5. The molecule has 0 aliphatic heterocycles. The summed E-state index contributed by atoms with van der Waals surface area (Å²) < 4.78 is 4.86. The van der Waals surface area contributed by atoms with Crippen molar-refractivity contribution in [1.29, 1.82) is 0 Å². The fourth-order valence-electron chi connectivity index (χ4n) is 1.57. The van der Waals surface area contributed by atoms with Crippen LogP contribution >= 0.6 is 0 Å². The van der Waals surface area contributed by atoms with Gasteiger partial charge in [-0.3, -0.25) is 4.79 Å². The molecule has 0 radical (unpaired) electrons. The van der Waals surface area contributed by atoms with Crippen molar-refractivity contribution in [1.82, 2.24) is 10.1 Å². The Hall–Kier alpha value is -2.57. The minimum atomic E-state index is -0.525. The molecule has 7 heteroatoms. The van der Waals surface area contributed by atoms with E-state index in [4.69, 9.17) is 16.0 Å².